The molecular weight excluding hydrogens is 762 g/mol. The van der Waals surface area contributed by atoms with Crippen LogP contribution in [0.1, 0.15) is 83.9 Å². The van der Waals surface area contributed by atoms with Crippen molar-refractivity contribution in [2.24, 2.45) is 5.92 Å². The number of piperazine rings is 1. The van der Waals surface area contributed by atoms with Crippen LogP contribution in [0.5, 0.6) is 5.75 Å². The molecule has 3 aliphatic heterocycles. The van der Waals surface area contributed by atoms with Gasteiger partial charge < -0.3 is 15.4 Å². The van der Waals surface area contributed by atoms with Gasteiger partial charge in [-0.3, -0.25) is 39.0 Å². The molecule has 4 aliphatic rings. The molecule has 1 saturated carbocycles. The molecule has 2 unspecified atom stereocenters. The number of hydrogen-bond acceptors (Lipinski definition) is 10. The largest absolute Gasteiger partial charge is 0.482 e. The number of pyridine rings is 1. The van der Waals surface area contributed by atoms with E-state index in [4.69, 9.17) is 38.8 Å². The molecule has 3 N–H and O–H groups in total. The molecule has 13 nitrogen and oxygen atoms in total. The molecule has 2 saturated heterocycles. The third-order valence-corrected chi connectivity index (χ3v) is 12.2. The fraction of sp³-hybridized carbons (Fsp3) is 0.400. The van der Waals surface area contributed by atoms with Gasteiger partial charge in [0, 0.05) is 78.9 Å². The van der Waals surface area contributed by atoms with Crippen LogP contribution in [-0.4, -0.2) is 87.0 Å². The zero-order valence-electron chi connectivity index (χ0n) is 30.7. The molecule has 2 aromatic carbocycles. The first-order valence-electron chi connectivity index (χ1n) is 18.9. The van der Waals surface area contributed by atoms with Gasteiger partial charge in [0.15, 0.2) is 11.6 Å². The number of imide groups is 2. The minimum absolute atomic E-state index is 0.0867. The molecule has 4 amide bonds. The highest BCUT2D eigenvalue weighted by Gasteiger charge is 2.45. The van der Waals surface area contributed by atoms with E-state index in [9.17, 15) is 23.6 Å². The fourth-order valence-electron chi connectivity index (χ4n) is 8.36. The number of hydrogen-bond donors (Lipinski definition) is 2. The lowest BCUT2D eigenvalue weighted by molar-refractivity contribution is -0.136. The highest BCUT2D eigenvalue weighted by atomic mass is 35.5. The molecule has 2 aromatic heterocycles. The first-order chi connectivity index (χ1) is 26.9. The second-order valence-corrected chi connectivity index (χ2v) is 15.8. The van der Waals surface area contributed by atoms with Gasteiger partial charge in [0.25, 0.3) is 11.8 Å². The van der Waals surface area contributed by atoms with Gasteiger partial charge in [0.1, 0.15) is 18.0 Å². The van der Waals surface area contributed by atoms with E-state index in [-0.39, 0.29) is 35.3 Å². The van der Waals surface area contributed by atoms with Crippen LogP contribution in [0, 0.1) is 11.7 Å². The van der Waals surface area contributed by atoms with Crippen LogP contribution in [0.4, 0.5) is 15.9 Å². The van der Waals surface area contributed by atoms with Gasteiger partial charge in [-0.15, -0.1) is 0 Å². The van der Waals surface area contributed by atoms with Crippen LogP contribution in [0.3, 0.4) is 0 Å². The number of fused-ring (bicyclic) bond motifs is 1. The maximum atomic E-state index is 14.2. The zero-order valence-corrected chi connectivity index (χ0v) is 32.2. The summed E-state index contributed by atoms with van der Waals surface area (Å²) in [6, 6.07) is 9.06. The van der Waals surface area contributed by atoms with Crippen molar-refractivity contribution >= 4 is 58.3 Å². The number of ether oxygens (including phenoxy) is 1. The smallest absolute Gasteiger partial charge is 0.262 e. The quantitative estimate of drug-likeness (QED) is 0.151. The summed E-state index contributed by atoms with van der Waals surface area (Å²) < 4.78 is 22.3. The third-order valence-electron chi connectivity index (χ3n) is 11.5. The maximum absolute atomic E-state index is 14.2. The molecular formula is C40H41Cl2FN8O5. The Balaban J connectivity index is 0.827. The molecule has 3 fully saturated rings. The second-order valence-electron chi connectivity index (χ2n) is 15.0. The van der Waals surface area contributed by atoms with E-state index in [2.05, 4.69) is 20.1 Å². The minimum atomic E-state index is -0.979. The predicted molar refractivity (Wildman–Crippen MR) is 208 cm³/mol. The number of nitrogens with one attached hydrogen (secondary N) is 1. The molecule has 292 valence electrons. The van der Waals surface area contributed by atoms with Crippen LogP contribution in [0.2, 0.25) is 10.0 Å². The fourth-order valence-corrected chi connectivity index (χ4v) is 9.04. The molecule has 0 bridgehead atoms. The third kappa shape index (κ3) is 7.33. The summed E-state index contributed by atoms with van der Waals surface area (Å²) >= 11 is 12.5. The Kier molecular flexibility index (Phi) is 10.5. The number of carbonyl (C=O) groups excluding carboxylic acids is 4. The number of halogens is 3. The molecule has 5 heterocycles. The lowest BCUT2D eigenvalue weighted by Crippen LogP contribution is -2.54. The number of amides is 4. The number of benzene rings is 2. The number of aromatic nitrogens is 3. The predicted octanol–water partition coefficient (Wildman–Crippen LogP) is 6.07. The van der Waals surface area contributed by atoms with E-state index in [1.807, 2.05) is 23.1 Å². The van der Waals surface area contributed by atoms with E-state index < -0.39 is 41.6 Å². The number of carbonyl (C=O) groups is 4. The standard InChI is InChI=1S/C40H41Cl2FN8O5/c1-22(35-30(41)8-9-31(43)36(35)42)56-33-16-24(18-45-37(33)44)25-19-46-50(21-25)26-4-2-23(3-5-26)20-48-12-14-49(15-13-48)27-6-7-28-29(17-27)40(55)51(39(28)54)32-10-11-34(52)47-38(32)53/h6-9,16-19,21-23,26,32H,2-5,10-15,20H2,1H3,(H2,44,45)(H,47,52,53). The van der Waals surface area contributed by atoms with Gasteiger partial charge in [-0.1, -0.05) is 23.2 Å². The molecule has 0 radical (unpaired) electrons. The summed E-state index contributed by atoms with van der Waals surface area (Å²) in [5.41, 5.74) is 9.61. The average molecular weight is 804 g/mol. The van der Waals surface area contributed by atoms with Gasteiger partial charge in [-0.2, -0.15) is 5.10 Å². The Bertz CT molecular complexity index is 2220. The summed E-state index contributed by atoms with van der Waals surface area (Å²) in [6.07, 6.45) is 9.28. The Hall–Kier alpha value is -5.05. The van der Waals surface area contributed by atoms with Crippen molar-refractivity contribution in [1.82, 2.24) is 29.9 Å². The summed E-state index contributed by atoms with van der Waals surface area (Å²) in [7, 11) is 0. The summed E-state index contributed by atoms with van der Waals surface area (Å²) in [5.74, 6) is -1.48. The number of piperidine rings is 1. The van der Waals surface area contributed by atoms with Crippen LogP contribution in [-0.2, 0) is 9.59 Å². The van der Waals surface area contributed by atoms with Gasteiger partial charge in [-0.25, -0.2) is 9.37 Å². The van der Waals surface area contributed by atoms with Crippen molar-refractivity contribution < 1.29 is 28.3 Å². The minimum Gasteiger partial charge on any atom is -0.482 e. The van der Waals surface area contributed by atoms with E-state index >= 15 is 0 Å². The SMILES string of the molecule is CC(Oc1cc(-c2cnn(C3CCC(CN4CCN(c5ccc6c(c5)C(=O)N(C5CCC(=O)NC5=O)C6=O)CC4)CC3)c2)cnc1N)c1c(Cl)ccc(F)c1Cl. The van der Waals surface area contributed by atoms with Crippen molar-refractivity contribution in [1.29, 1.82) is 0 Å². The first kappa shape index (κ1) is 37.9. The summed E-state index contributed by atoms with van der Waals surface area (Å²) in [4.78, 5) is 60.6. The maximum Gasteiger partial charge on any atom is 0.262 e. The molecule has 56 heavy (non-hydrogen) atoms. The normalized spacial score (nSPS) is 22.3. The van der Waals surface area contributed by atoms with Crippen molar-refractivity contribution in [3.8, 4) is 16.9 Å². The Morgan fingerprint density at radius 2 is 1.68 bits per heavy atom. The average Bonchev–Trinajstić information content (AvgIpc) is 3.77. The van der Waals surface area contributed by atoms with Gasteiger partial charge in [0.2, 0.25) is 11.8 Å². The lowest BCUT2D eigenvalue weighted by Gasteiger charge is -2.39. The number of anilines is 2. The Morgan fingerprint density at radius 1 is 0.929 bits per heavy atom. The number of nitrogen functional groups attached to an aromatic ring is 1. The highest BCUT2D eigenvalue weighted by Crippen LogP contribution is 2.38. The Labute approximate surface area is 332 Å². The molecule has 2 atom stereocenters. The lowest BCUT2D eigenvalue weighted by atomic mass is 9.85. The number of nitrogens with zero attached hydrogens (tertiary/aromatic N) is 6. The number of nitrogens with two attached hydrogens (primary N) is 1. The number of rotatable bonds is 9. The van der Waals surface area contributed by atoms with Crippen molar-refractivity contribution in [2.45, 2.75) is 63.6 Å². The van der Waals surface area contributed by atoms with Gasteiger partial charge in [0.05, 0.1) is 28.4 Å². The van der Waals surface area contributed by atoms with Gasteiger partial charge >= 0.3 is 0 Å². The topological polar surface area (TPSA) is 156 Å². The summed E-state index contributed by atoms with van der Waals surface area (Å²) in [6.45, 7) is 6.10. The van der Waals surface area contributed by atoms with E-state index in [0.29, 0.717) is 27.8 Å². The Morgan fingerprint density at radius 3 is 2.43 bits per heavy atom. The van der Waals surface area contributed by atoms with Crippen LogP contribution >= 0.6 is 23.2 Å². The molecule has 0 spiro atoms. The van der Waals surface area contributed by atoms with Crippen LogP contribution in [0.25, 0.3) is 11.1 Å². The molecule has 16 heteroatoms. The molecule has 1 aliphatic carbocycles. The zero-order chi connectivity index (χ0) is 39.2. The van der Waals surface area contributed by atoms with E-state index in [0.717, 1.165) is 80.1 Å². The van der Waals surface area contributed by atoms with E-state index in [1.54, 1.807) is 31.3 Å². The monoisotopic (exact) mass is 802 g/mol. The molecule has 4 aromatic rings. The van der Waals surface area contributed by atoms with Crippen LogP contribution < -0.4 is 20.7 Å². The summed E-state index contributed by atoms with van der Waals surface area (Å²) in [5, 5.41) is 7.14. The van der Waals surface area contributed by atoms with Crippen LogP contribution in [0.15, 0.2) is 55.0 Å². The first-order valence-corrected chi connectivity index (χ1v) is 19.6. The van der Waals surface area contributed by atoms with Gasteiger partial charge in [-0.05, 0) is 81.3 Å². The van der Waals surface area contributed by atoms with Crippen molar-refractivity contribution in [2.75, 3.05) is 43.4 Å². The van der Waals surface area contributed by atoms with E-state index in [1.165, 1.54) is 12.1 Å². The van der Waals surface area contributed by atoms with Crippen molar-refractivity contribution in [3.63, 3.8) is 0 Å². The van der Waals surface area contributed by atoms with Crippen molar-refractivity contribution in [3.05, 3.63) is 87.5 Å². The molecule has 8 rings (SSSR count). The highest BCUT2D eigenvalue weighted by molar-refractivity contribution is 6.36. The second kappa shape index (κ2) is 15.5.